The fourth-order valence-electron chi connectivity index (χ4n) is 16.3. The van der Waals surface area contributed by atoms with Crippen LogP contribution in [0.5, 0.6) is 0 Å². The number of hydrogen-bond donors (Lipinski definition) is 2. The van der Waals surface area contributed by atoms with Crippen LogP contribution in [0.2, 0.25) is 20.1 Å². The van der Waals surface area contributed by atoms with E-state index in [0.29, 0.717) is 29.8 Å². The van der Waals surface area contributed by atoms with Crippen LogP contribution >= 0.6 is 62.3 Å². The zero-order valence-corrected chi connectivity index (χ0v) is 68.6. The summed E-state index contributed by atoms with van der Waals surface area (Å²) >= 11 is 27.8. The zero-order valence-electron chi connectivity index (χ0n) is 63.9. The summed E-state index contributed by atoms with van der Waals surface area (Å²) < 4.78 is 10.5. The van der Waals surface area contributed by atoms with E-state index >= 15 is 0 Å². The number of benzene rings is 8. The molecule has 10 nitrogen and oxygen atoms in total. The molecule has 2 saturated heterocycles. The van der Waals surface area contributed by atoms with E-state index in [1.807, 2.05) is 48.5 Å². The fourth-order valence-corrected chi connectivity index (χ4v) is 17.2. The van der Waals surface area contributed by atoms with Gasteiger partial charge in [0, 0.05) is 75.2 Å². The second kappa shape index (κ2) is 36.0. The lowest BCUT2D eigenvalue weighted by Gasteiger charge is -2.28. The van der Waals surface area contributed by atoms with Crippen molar-refractivity contribution in [3.8, 4) is 0 Å². The molecule has 2 saturated carbocycles. The summed E-state index contributed by atoms with van der Waals surface area (Å²) in [4.78, 5) is 20.1. The molecule has 4 aromatic heterocycles. The summed E-state index contributed by atoms with van der Waals surface area (Å²) in [6.07, 6.45) is 26.1. The molecule has 16 rings (SSSR count). The Labute approximate surface area is 663 Å². The van der Waals surface area contributed by atoms with Gasteiger partial charge in [0.1, 0.15) is 23.3 Å². The van der Waals surface area contributed by atoms with E-state index in [9.17, 15) is 0 Å². The van der Waals surface area contributed by atoms with Crippen LogP contribution < -0.4 is 10.6 Å². The lowest BCUT2D eigenvalue weighted by Crippen LogP contribution is -2.36. The molecule has 558 valence electrons. The summed E-state index contributed by atoms with van der Waals surface area (Å²) in [5, 5.41) is 10.2. The minimum absolute atomic E-state index is 0.475. The first kappa shape index (κ1) is 77.8. The summed E-state index contributed by atoms with van der Waals surface area (Å²) in [5.74, 6) is 7.26. The Balaban J connectivity index is 0.000000126. The highest BCUT2D eigenvalue weighted by molar-refractivity contribution is 9.10. The van der Waals surface area contributed by atoms with Crippen molar-refractivity contribution in [1.29, 1.82) is 0 Å². The van der Waals surface area contributed by atoms with Gasteiger partial charge in [0.15, 0.2) is 0 Å². The fraction of sp³-hybridized carbons (Fsp3) is 0.391. The molecule has 0 radical (unpaired) electrons. The first-order chi connectivity index (χ1) is 51.7. The number of imidazole rings is 4. The molecule has 0 bridgehead atoms. The van der Waals surface area contributed by atoms with Crippen LogP contribution in [0.15, 0.2) is 168 Å². The molecular weight excluding hydrogens is 1470 g/mol. The number of piperidine rings is 2. The molecule has 12 aromatic rings. The molecule has 4 fully saturated rings. The van der Waals surface area contributed by atoms with Crippen molar-refractivity contribution in [2.45, 2.75) is 203 Å². The molecule has 2 aliphatic carbocycles. The largest absolute Gasteiger partial charge is 0.323 e. The third kappa shape index (κ3) is 20.2. The van der Waals surface area contributed by atoms with E-state index in [-0.39, 0.29) is 0 Å². The van der Waals surface area contributed by atoms with Crippen molar-refractivity contribution >= 4 is 119 Å². The van der Waals surface area contributed by atoms with Gasteiger partial charge in [-0.15, -0.1) is 0 Å². The lowest BCUT2D eigenvalue weighted by molar-refractivity contribution is 0.308. The molecule has 4 unspecified atom stereocenters. The normalized spacial score (nSPS) is 17.9. The topological polar surface area (TPSA) is 95.3 Å². The van der Waals surface area contributed by atoms with Crippen LogP contribution in [0.1, 0.15) is 196 Å². The molecule has 2 N–H and O–H groups in total. The Hall–Kier alpha value is -7.32. The molecule has 2 aliphatic heterocycles. The number of nitrogens with zero attached hydrogens (tertiary/aromatic N) is 8. The Morgan fingerprint density at radius 3 is 1.45 bits per heavy atom. The number of rotatable bonds is 16. The van der Waals surface area contributed by atoms with Crippen LogP contribution in [-0.4, -0.2) is 63.4 Å². The maximum Gasteiger partial charge on any atom is 0.134 e. The van der Waals surface area contributed by atoms with E-state index in [1.165, 1.54) is 166 Å². The van der Waals surface area contributed by atoms with Gasteiger partial charge in [-0.25, -0.2) is 19.9 Å². The molecule has 6 heterocycles. The third-order valence-corrected chi connectivity index (χ3v) is 24.3. The molecular formula is C92H105BrCl4N10. The SMILES string of the molecule is Cc1cc2nc(/C=C3\CCNC(C)C3)n(Cc3ccc(Cl)cc3)c2cc1C.Cc1cc2nc(C(C)CC3CCCCC3)n(Cc3ccc(Cl)cc3)c2cc1C.Cc1cc2nc(CC3CCNC(C)C3)n(Cc3ccc(Cl)cc3)c2cc1C.Clc1ccc(Cn2c(/C=C/C3CCCC3)nc3cc(Br)ccc32)cc1. The number of aryl methyl sites for hydroxylation is 6. The van der Waals surface area contributed by atoms with Crippen LogP contribution in [0, 0.1) is 59.3 Å². The average molecular weight is 1570 g/mol. The predicted octanol–water partition coefficient (Wildman–Crippen LogP) is 24.9. The van der Waals surface area contributed by atoms with Gasteiger partial charge in [-0.1, -0.05) is 174 Å². The van der Waals surface area contributed by atoms with Crippen LogP contribution in [0.25, 0.3) is 56.3 Å². The van der Waals surface area contributed by atoms with E-state index in [2.05, 4.69) is 229 Å². The minimum atomic E-state index is 0.475. The highest BCUT2D eigenvalue weighted by Crippen LogP contribution is 2.37. The molecule has 8 aromatic carbocycles. The zero-order chi connectivity index (χ0) is 74.8. The molecule has 0 amide bonds. The highest BCUT2D eigenvalue weighted by atomic mass is 79.9. The molecule has 0 spiro atoms. The number of aromatic nitrogens is 8. The molecule has 107 heavy (non-hydrogen) atoms. The van der Waals surface area contributed by atoms with Gasteiger partial charge in [0.25, 0.3) is 0 Å². The Morgan fingerprint density at radius 2 is 0.907 bits per heavy atom. The number of hydrogen-bond acceptors (Lipinski definition) is 6. The first-order valence-corrected chi connectivity index (χ1v) is 41.4. The summed E-state index contributed by atoms with van der Waals surface area (Å²) in [5.41, 5.74) is 23.5. The quantitative estimate of drug-likeness (QED) is 0.100. The standard InChI is InChI=1S/C25H31ClN2.C23H28ClN3.C23H26ClN3.C21H20BrClN2/c1-17-14-23-24(15-18(17)2)28(16-21-9-11-22(26)12-10-21)25(27-23)19(3)13-20-7-5-4-6-8-20;2*1-15-10-21-22(11-16(15)2)27(14-18-4-6-20(24)7-5-18)23(26-21)13-19-8-9-25-17(3)12-19;22-17-8-11-20-19(13-17)24-21(12-7-15-3-1-2-4-15)25(20)14-16-5-9-18(23)10-6-16/h9-12,14-15,19-20H,4-8,13,16H2,1-3H3;4-7,10-11,17,19,25H,8-9,12-14H2,1-3H3;4-7,10-11,13,17,25H,8-9,12,14H2,1-3H3;5-13,15H,1-4,14H2/b;;19-13+;12-7+. The van der Waals surface area contributed by atoms with Gasteiger partial charge in [-0.3, -0.25) is 0 Å². The Kier molecular flexibility index (Phi) is 26.2. The molecule has 4 atom stereocenters. The third-order valence-electron chi connectivity index (χ3n) is 22.8. The minimum Gasteiger partial charge on any atom is -0.323 e. The lowest BCUT2D eigenvalue weighted by atomic mass is 9.83. The Bertz CT molecular complexity index is 5070. The van der Waals surface area contributed by atoms with Crippen LogP contribution in [0.3, 0.4) is 0 Å². The highest BCUT2D eigenvalue weighted by Gasteiger charge is 2.26. The van der Waals surface area contributed by atoms with Crippen molar-refractivity contribution in [3.63, 3.8) is 0 Å². The molecule has 4 aliphatic rings. The van der Waals surface area contributed by atoms with E-state index < -0.39 is 0 Å². The van der Waals surface area contributed by atoms with E-state index in [1.54, 1.807) is 0 Å². The van der Waals surface area contributed by atoms with Crippen molar-refractivity contribution < 1.29 is 0 Å². The van der Waals surface area contributed by atoms with Gasteiger partial charge in [0.05, 0.1) is 44.1 Å². The number of nitrogens with one attached hydrogen (secondary N) is 2. The van der Waals surface area contributed by atoms with Crippen molar-refractivity contribution in [2.24, 2.45) is 17.8 Å². The van der Waals surface area contributed by atoms with Gasteiger partial charge >= 0.3 is 0 Å². The smallest absolute Gasteiger partial charge is 0.134 e. The average Bonchev–Trinajstić information content (AvgIpc) is 1.66. The maximum absolute atomic E-state index is 6.10. The molecule has 15 heteroatoms. The van der Waals surface area contributed by atoms with Gasteiger partial charge in [-0.05, 0) is 302 Å². The van der Waals surface area contributed by atoms with Crippen LogP contribution in [0.4, 0.5) is 0 Å². The Morgan fingerprint density at radius 1 is 0.458 bits per heavy atom. The number of fused-ring (bicyclic) bond motifs is 4. The number of allylic oxidation sites excluding steroid dienone is 1. The van der Waals surface area contributed by atoms with E-state index in [4.69, 9.17) is 66.3 Å². The van der Waals surface area contributed by atoms with E-state index in [0.717, 1.165) is 128 Å². The maximum atomic E-state index is 6.10. The number of halogens is 5. The second-order valence-corrected chi connectivity index (χ2v) is 34.0. The van der Waals surface area contributed by atoms with Crippen molar-refractivity contribution in [1.82, 2.24) is 48.8 Å². The summed E-state index contributed by atoms with van der Waals surface area (Å²) in [6, 6.07) is 53.5. The first-order valence-electron chi connectivity index (χ1n) is 39.1. The predicted molar refractivity (Wildman–Crippen MR) is 456 cm³/mol. The van der Waals surface area contributed by atoms with Gasteiger partial charge in [0.2, 0.25) is 0 Å². The summed E-state index contributed by atoms with van der Waals surface area (Å²) in [6.45, 7) is 25.4. The van der Waals surface area contributed by atoms with Crippen molar-refractivity contribution in [2.75, 3.05) is 13.1 Å². The van der Waals surface area contributed by atoms with Gasteiger partial charge < -0.3 is 28.9 Å². The second-order valence-electron chi connectivity index (χ2n) is 31.3. The van der Waals surface area contributed by atoms with Gasteiger partial charge in [-0.2, -0.15) is 0 Å². The summed E-state index contributed by atoms with van der Waals surface area (Å²) in [7, 11) is 0. The van der Waals surface area contributed by atoms with Crippen LogP contribution in [-0.2, 0) is 32.6 Å². The van der Waals surface area contributed by atoms with Crippen molar-refractivity contribution in [3.05, 3.63) is 267 Å². The monoisotopic (exact) mass is 1570 g/mol.